The average Bonchev–Trinajstić information content (AvgIpc) is 2.45. The Morgan fingerprint density at radius 3 is 2.65 bits per heavy atom. The van der Waals surface area contributed by atoms with Crippen LogP contribution >= 0.6 is 11.6 Å². The SMILES string of the molecule is Cc1nc(Cl)c(N)c(NCCOc2ccccc2)c1C. The highest BCUT2D eigenvalue weighted by Gasteiger charge is 2.11. The van der Waals surface area contributed by atoms with Gasteiger partial charge in [0.05, 0.1) is 11.4 Å². The van der Waals surface area contributed by atoms with E-state index in [1.54, 1.807) is 0 Å². The Kier molecular flexibility index (Phi) is 4.69. The normalized spacial score (nSPS) is 10.3. The molecule has 1 aromatic carbocycles. The number of aryl methyl sites for hydroxylation is 1. The summed E-state index contributed by atoms with van der Waals surface area (Å²) in [6, 6.07) is 9.69. The number of nitrogens with two attached hydrogens (primary N) is 1. The smallest absolute Gasteiger partial charge is 0.154 e. The van der Waals surface area contributed by atoms with Crippen molar-refractivity contribution in [1.29, 1.82) is 0 Å². The molecule has 2 rings (SSSR count). The second-order valence-corrected chi connectivity index (χ2v) is 4.85. The summed E-state index contributed by atoms with van der Waals surface area (Å²) in [5.74, 6) is 0.850. The van der Waals surface area contributed by atoms with Crippen LogP contribution in [0.4, 0.5) is 11.4 Å². The van der Waals surface area contributed by atoms with Gasteiger partial charge in [-0.05, 0) is 31.5 Å². The van der Waals surface area contributed by atoms with Crippen molar-refractivity contribution in [2.75, 3.05) is 24.2 Å². The number of hydrogen-bond donors (Lipinski definition) is 2. The minimum Gasteiger partial charge on any atom is -0.492 e. The molecule has 1 aromatic heterocycles. The second kappa shape index (κ2) is 6.48. The van der Waals surface area contributed by atoms with Crippen molar-refractivity contribution in [1.82, 2.24) is 4.98 Å². The maximum absolute atomic E-state index is 5.99. The van der Waals surface area contributed by atoms with Gasteiger partial charge in [0.15, 0.2) is 5.15 Å². The van der Waals surface area contributed by atoms with Crippen molar-refractivity contribution in [2.24, 2.45) is 0 Å². The zero-order chi connectivity index (χ0) is 14.5. The topological polar surface area (TPSA) is 60.2 Å². The zero-order valence-electron chi connectivity index (χ0n) is 11.6. The van der Waals surface area contributed by atoms with Gasteiger partial charge in [0.2, 0.25) is 0 Å². The predicted molar refractivity (Wildman–Crippen MR) is 83.6 cm³/mol. The van der Waals surface area contributed by atoms with Crippen LogP contribution in [0, 0.1) is 13.8 Å². The molecule has 0 atom stereocenters. The molecule has 0 saturated heterocycles. The van der Waals surface area contributed by atoms with Crippen LogP contribution in [0.15, 0.2) is 30.3 Å². The number of halogens is 1. The maximum atomic E-state index is 5.99. The van der Waals surface area contributed by atoms with Gasteiger partial charge in [-0.1, -0.05) is 29.8 Å². The van der Waals surface area contributed by atoms with Crippen LogP contribution in [0.2, 0.25) is 5.15 Å². The minimum absolute atomic E-state index is 0.333. The average molecular weight is 292 g/mol. The summed E-state index contributed by atoms with van der Waals surface area (Å²) in [7, 11) is 0. The molecule has 0 aliphatic heterocycles. The fourth-order valence-electron chi connectivity index (χ4n) is 1.87. The van der Waals surface area contributed by atoms with Gasteiger partial charge in [0.25, 0.3) is 0 Å². The zero-order valence-corrected chi connectivity index (χ0v) is 12.4. The molecule has 106 valence electrons. The standard InChI is InChI=1S/C15H18ClN3O/c1-10-11(2)19-15(16)13(17)14(10)18-8-9-20-12-6-4-3-5-7-12/h3-7H,8-9,17H2,1-2H3,(H,18,19). The number of nitrogens with zero attached hydrogens (tertiary/aromatic N) is 1. The number of ether oxygens (including phenoxy) is 1. The highest BCUT2D eigenvalue weighted by Crippen LogP contribution is 2.30. The Hall–Kier alpha value is -1.94. The highest BCUT2D eigenvalue weighted by molar-refractivity contribution is 6.32. The lowest BCUT2D eigenvalue weighted by atomic mass is 10.1. The number of hydrogen-bond acceptors (Lipinski definition) is 4. The molecule has 0 saturated carbocycles. The molecule has 0 fully saturated rings. The monoisotopic (exact) mass is 291 g/mol. The lowest BCUT2D eigenvalue weighted by Gasteiger charge is -2.15. The molecule has 4 nitrogen and oxygen atoms in total. The number of nitrogens with one attached hydrogen (secondary N) is 1. The van der Waals surface area contributed by atoms with Crippen LogP contribution in [0.3, 0.4) is 0 Å². The summed E-state index contributed by atoms with van der Waals surface area (Å²) < 4.78 is 5.62. The Morgan fingerprint density at radius 2 is 1.95 bits per heavy atom. The van der Waals surface area contributed by atoms with Crippen LogP contribution in [-0.4, -0.2) is 18.1 Å². The van der Waals surface area contributed by atoms with E-state index in [4.69, 9.17) is 22.1 Å². The van der Waals surface area contributed by atoms with Crippen LogP contribution < -0.4 is 15.8 Å². The van der Waals surface area contributed by atoms with Gasteiger partial charge in [0, 0.05) is 12.2 Å². The van der Waals surface area contributed by atoms with Crippen molar-refractivity contribution in [2.45, 2.75) is 13.8 Å². The predicted octanol–water partition coefficient (Wildman–Crippen LogP) is 3.42. The first-order chi connectivity index (χ1) is 9.59. The Balaban J connectivity index is 1.95. The summed E-state index contributed by atoms with van der Waals surface area (Å²) in [5, 5.41) is 3.59. The van der Waals surface area contributed by atoms with Crippen LogP contribution in [0.1, 0.15) is 11.3 Å². The Labute approximate surface area is 123 Å². The fourth-order valence-corrected chi connectivity index (χ4v) is 2.09. The first-order valence-corrected chi connectivity index (χ1v) is 6.81. The van der Waals surface area contributed by atoms with Crippen molar-refractivity contribution in [3.8, 4) is 5.75 Å². The van der Waals surface area contributed by atoms with Crippen LogP contribution in [0.25, 0.3) is 0 Å². The molecule has 0 amide bonds. The lowest BCUT2D eigenvalue weighted by molar-refractivity contribution is 0.333. The molecule has 0 spiro atoms. The van der Waals surface area contributed by atoms with Gasteiger partial charge in [-0.3, -0.25) is 0 Å². The van der Waals surface area contributed by atoms with Gasteiger partial charge in [-0.15, -0.1) is 0 Å². The maximum Gasteiger partial charge on any atom is 0.154 e. The van der Waals surface area contributed by atoms with Gasteiger partial charge in [-0.25, -0.2) is 4.98 Å². The molecule has 0 bridgehead atoms. The largest absolute Gasteiger partial charge is 0.492 e. The molecule has 20 heavy (non-hydrogen) atoms. The van der Waals surface area contributed by atoms with Crippen molar-refractivity contribution in [3.63, 3.8) is 0 Å². The van der Waals surface area contributed by atoms with Gasteiger partial charge < -0.3 is 15.8 Å². The van der Waals surface area contributed by atoms with Gasteiger partial charge in [-0.2, -0.15) is 0 Å². The number of aromatic nitrogens is 1. The second-order valence-electron chi connectivity index (χ2n) is 4.49. The third-order valence-electron chi connectivity index (χ3n) is 3.09. The summed E-state index contributed by atoms with van der Waals surface area (Å²) in [6.45, 7) is 5.06. The molecule has 0 unspecified atom stereocenters. The number of nitrogen functional groups attached to an aromatic ring is 1. The Bertz CT molecular complexity index is 561. The van der Waals surface area contributed by atoms with Gasteiger partial charge >= 0.3 is 0 Å². The van der Waals surface area contributed by atoms with Crippen molar-refractivity contribution in [3.05, 3.63) is 46.7 Å². The number of anilines is 2. The molecular weight excluding hydrogens is 274 g/mol. The summed E-state index contributed by atoms with van der Waals surface area (Å²) in [4.78, 5) is 4.18. The lowest BCUT2D eigenvalue weighted by Crippen LogP contribution is -2.14. The first-order valence-electron chi connectivity index (χ1n) is 6.43. The minimum atomic E-state index is 0.333. The third kappa shape index (κ3) is 3.33. The van der Waals surface area contributed by atoms with E-state index < -0.39 is 0 Å². The molecule has 5 heteroatoms. The van der Waals surface area contributed by atoms with Crippen LogP contribution in [-0.2, 0) is 0 Å². The molecule has 0 aliphatic rings. The van der Waals surface area contributed by atoms with Crippen molar-refractivity contribution >= 4 is 23.0 Å². The number of pyridine rings is 1. The van der Waals surface area contributed by atoms with E-state index in [-0.39, 0.29) is 0 Å². The summed E-state index contributed by atoms with van der Waals surface area (Å²) >= 11 is 5.99. The summed E-state index contributed by atoms with van der Waals surface area (Å²) in [5.41, 5.74) is 9.14. The fraction of sp³-hybridized carbons (Fsp3) is 0.267. The van der Waals surface area contributed by atoms with E-state index in [1.165, 1.54) is 0 Å². The molecule has 2 aromatic rings. The first kappa shape index (κ1) is 14.5. The van der Waals surface area contributed by atoms with E-state index in [1.807, 2.05) is 44.2 Å². The van der Waals surface area contributed by atoms with E-state index in [9.17, 15) is 0 Å². The Morgan fingerprint density at radius 1 is 1.25 bits per heavy atom. The van der Waals surface area contributed by atoms with E-state index in [0.29, 0.717) is 24.0 Å². The van der Waals surface area contributed by atoms with Crippen LogP contribution in [0.5, 0.6) is 5.75 Å². The molecule has 3 N–H and O–H groups in total. The van der Waals surface area contributed by atoms with Crippen molar-refractivity contribution < 1.29 is 4.74 Å². The molecular formula is C15H18ClN3O. The molecule has 0 aliphatic carbocycles. The molecule has 1 heterocycles. The van der Waals surface area contributed by atoms with E-state index >= 15 is 0 Å². The quantitative estimate of drug-likeness (QED) is 0.654. The van der Waals surface area contributed by atoms with E-state index in [0.717, 1.165) is 22.7 Å². The van der Waals surface area contributed by atoms with Gasteiger partial charge in [0.1, 0.15) is 12.4 Å². The summed E-state index contributed by atoms with van der Waals surface area (Å²) in [6.07, 6.45) is 0. The molecule has 0 radical (unpaired) electrons. The van der Waals surface area contributed by atoms with E-state index in [2.05, 4.69) is 10.3 Å². The number of para-hydroxylation sites is 1. The number of benzene rings is 1. The number of rotatable bonds is 5. The highest BCUT2D eigenvalue weighted by atomic mass is 35.5. The third-order valence-corrected chi connectivity index (χ3v) is 3.38.